The summed E-state index contributed by atoms with van der Waals surface area (Å²) in [5.74, 6) is 0.796. The van der Waals surface area contributed by atoms with Crippen LogP contribution < -0.4 is 10.6 Å². The van der Waals surface area contributed by atoms with Crippen molar-refractivity contribution in [2.45, 2.75) is 35.3 Å². The summed E-state index contributed by atoms with van der Waals surface area (Å²) in [5, 5.41) is 6.71. The van der Waals surface area contributed by atoms with Crippen molar-refractivity contribution in [2.75, 3.05) is 18.0 Å². The van der Waals surface area contributed by atoms with Crippen molar-refractivity contribution in [3.05, 3.63) is 35.7 Å². The van der Waals surface area contributed by atoms with Crippen LogP contribution in [0.25, 0.3) is 10.9 Å². The summed E-state index contributed by atoms with van der Waals surface area (Å²) in [5.41, 5.74) is 5.50. The highest BCUT2D eigenvalue weighted by atomic mass is 35.5. The molecule has 152 valence electrons. The molecule has 1 aromatic carbocycles. The fourth-order valence-electron chi connectivity index (χ4n) is 3.43. The van der Waals surface area contributed by atoms with Gasteiger partial charge in [0.1, 0.15) is 16.4 Å². The molecule has 1 amide bonds. The van der Waals surface area contributed by atoms with E-state index >= 15 is 0 Å². The number of ether oxygens (including phenoxy) is 1. The average Bonchev–Trinajstić information content (AvgIpc) is 3.06. The van der Waals surface area contributed by atoms with Crippen molar-refractivity contribution >= 4 is 46.2 Å². The predicted octanol–water partition coefficient (Wildman–Crippen LogP) is 3.62. The lowest BCUT2D eigenvalue weighted by atomic mass is 9.93. The third-order valence-corrected chi connectivity index (χ3v) is 6.52. The summed E-state index contributed by atoms with van der Waals surface area (Å²) >= 11 is 8.01. The van der Waals surface area contributed by atoms with Gasteiger partial charge in [-0.15, -0.1) is 0 Å². The number of aromatic nitrogens is 4. The number of nitrogens with zero attached hydrogens (tertiary/aromatic N) is 5. The summed E-state index contributed by atoms with van der Waals surface area (Å²) in [6, 6.07) is 3.90. The Morgan fingerprint density at radius 1 is 1.28 bits per heavy atom. The highest BCUT2D eigenvalue weighted by Gasteiger charge is 2.33. The van der Waals surface area contributed by atoms with E-state index in [-0.39, 0.29) is 0 Å². The minimum Gasteiger partial charge on any atom is -0.443 e. The molecule has 1 saturated heterocycles. The molecule has 1 aliphatic rings. The Labute approximate surface area is 177 Å². The number of carbonyl (C=O) groups excluding carboxylic acids is 1. The Bertz CT molecular complexity index is 1050. The first-order valence-electron chi connectivity index (χ1n) is 9.18. The van der Waals surface area contributed by atoms with Crippen molar-refractivity contribution in [2.24, 2.45) is 12.8 Å². The number of amides is 1. The second-order valence-corrected chi connectivity index (χ2v) is 8.73. The van der Waals surface area contributed by atoms with E-state index in [0.29, 0.717) is 31.0 Å². The molecule has 0 spiro atoms. The molecule has 29 heavy (non-hydrogen) atoms. The third-order valence-electron chi connectivity index (χ3n) is 5.02. The van der Waals surface area contributed by atoms with Gasteiger partial charge in [-0.1, -0.05) is 23.4 Å². The van der Waals surface area contributed by atoms with E-state index < -0.39 is 11.7 Å². The molecule has 3 heterocycles. The number of fused-ring (bicyclic) bond motifs is 1. The number of aryl methyl sites for hydroxylation is 1. The van der Waals surface area contributed by atoms with Gasteiger partial charge in [0.2, 0.25) is 0 Å². The molecule has 0 radical (unpaired) electrons. The third kappa shape index (κ3) is 4.25. The molecule has 1 fully saturated rings. The monoisotopic (exact) mass is 432 g/mol. The first-order chi connectivity index (χ1) is 13.8. The Morgan fingerprint density at radius 2 is 2.03 bits per heavy atom. The molecule has 4 rings (SSSR count). The van der Waals surface area contributed by atoms with Crippen LogP contribution in [0.15, 0.2) is 40.6 Å². The van der Waals surface area contributed by atoms with Gasteiger partial charge in [-0.25, -0.2) is 14.8 Å². The second-order valence-electron chi connectivity index (χ2n) is 7.29. The number of nitrogens with two attached hydrogens (primary N) is 1. The molecule has 0 aliphatic carbocycles. The topological polar surface area (TPSA) is 99.2 Å². The van der Waals surface area contributed by atoms with Crippen LogP contribution in [-0.4, -0.2) is 44.5 Å². The summed E-state index contributed by atoms with van der Waals surface area (Å²) in [6.07, 6.45) is 6.06. The Hall–Kier alpha value is -2.52. The molecule has 3 aromatic rings. The lowest BCUT2D eigenvalue weighted by Gasteiger charge is -2.38. The molecule has 0 saturated carbocycles. The van der Waals surface area contributed by atoms with Crippen LogP contribution in [-0.2, 0) is 11.8 Å². The first kappa shape index (κ1) is 19.8. The zero-order valence-electron chi connectivity index (χ0n) is 16.1. The van der Waals surface area contributed by atoms with Crippen molar-refractivity contribution in [1.82, 2.24) is 19.7 Å². The minimum absolute atomic E-state index is 0.521. The van der Waals surface area contributed by atoms with Crippen molar-refractivity contribution in [1.29, 1.82) is 0 Å². The minimum atomic E-state index is -0.731. The van der Waals surface area contributed by atoms with Gasteiger partial charge in [0.05, 0.1) is 22.9 Å². The smallest absolute Gasteiger partial charge is 0.405 e. The quantitative estimate of drug-likeness (QED) is 0.672. The summed E-state index contributed by atoms with van der Waals surface area (Å²) in [7, 11) is 1.87. The van der Waals surface area contributed by atoms with Crippen molar-refractivity contribution in [3.8, 4) is 0 Å². The molecular weight excluding hydrogens is 412 g/mol. The van der Waals surface area contributed by atoms with E-state index in [2.05, 4.69) is 20.0 Å². The summed E-state index contributed by atoms with van der Waals surface area (Å²) < 4.78 is 6.99. The number of halogens is 1. The standard InChI is InChI=1S/C19H21ClN6O2S/c1-19(28-18(21)27)5-7-26(8-6-19)15-9-23-16(10-22-15)29-14-4-3-13-12(17(14)20)11-25(2)24-13/h3-4,9-11H,5-8H2,1-2H3,(H2,21,27). The van der Waals surface area contributed by atoms with Crippen LogP contribution in [0.4, 0.5) is 10.6 Å². The zero-order valence-corrected chi connectivity index (χ0v) is 17.7. The maximum atomic E-state index is 11.1. The fraction of sp³-hybridized carbons (Fsp3) is 0.368. The molecule has 0 bridgehead atoms. The maximum absolute atomic E-state index is 11.1. The van der Waals surface area contributed by atoms with E-state index in [9.17, 15) is 4.79 Å². The number of piperidine rings is 1. The average molecular weight is 433 g/mol. The van der Waals surface area contributed by atoms with Crippen molar-refractivity contribution in [3.63, 3.8) is 0 Å². The second kappa shape index (κ2) is 7.72. The summed E-state index contributed by atoms with van der Waals surface area (Å²) in [4.78, 5) is 23.2. The number of primary amides is 1. The number of carbonyl (C=O) groups is 1. The molecule has 0 atom stereocenters. The molecule has 8 nitrogen and oxygen atoms in total. The van der Waals surface area contributed by atoms with Crippen LogP contribution in [0, 0.1) is 0 Å². The van der Waals surface area contributed by atoms with Gasteiger partial charge in [-0.05, 0) is 19.1 Å². The van der Waals surface area contributed by atoms with Crippen LogP contribution in [0.3, 0.4) is 0 Å². The number of hydrogen-bond donors (Lipinski definition) is 1. The van der Waals surface area contributed by atoms with Gasteiger partial charge in [0.25, 0.3) is 0 Å². The Kier molecular flexibility index (Phi) is 5.26. The van der Waals surface area contributed by atoms with E-state index in [4.69, 9.17) is 22.1 Å². The molecule has 1 aliphatic heterocycles. The molecule has 2 aromatic heterocycles. The Balaban J connectivity index is 1.44. The largest absolute Gasteiger partial charge is 0.443 e. The van der Waals surface area contributed by atoms with E-state index in [1.807, 2.05) is 32.3 Å². The van der Waals surface area contributed by atoms with Crippen molar-refractivity contribution < 1.29 is 9.53 Å². The lowest BCUT2D eigenvalue weighted by Crippen LogP contribution is -2.46. The van der Waals surface area contributed by atoms with Crippen LogP contribution >= 0.6 is 23.4 Å². The van der Waals surface area contributed by atoms with Crippen LogP contribution in [0.5, 0.6) is 0 Å². The SMILES string of the molecule is Cn1cc2c(Cl)c(Sc3cnc(N4CCC(C)(OC(N)=O)CC4)cn3)ccc2n1. The van der Waals surface area contributed by atoms with E-state index in [0.717, 1.165) is 26.6 Å². The first-order valence-corrected chi connectivity index (χ1v) is 10.4. The van der Waals surface area contributed by atoms with E-state index in [1.165, 1.54) is 11.8 Å². The summed E-state index contributed by atoms with van der Waals surface area (Å²) in [6.45, 7) is 3.34. The van der Waals surface area contributed by atoms with Gasteiger partial charge < -0.3 is 15.4 Å². The number of rotatable bonds is 4. The number of hydrogen-bond acceptors (Lipinski definition) is 7. The highest BCUT2D eigenvalue weighted by molar-refractivity contribution is 7.99. The van der Waals surface area contributed by atoms with Gasteiger partial charge >= 0.3 is 6.09 Å². The number of benzene rings is 1. The van der Waals surface area contributed by atoms with E-state index in [1.54, 1.807) is 17.1 Å². The van der Waals surface area contributed by atoms with Gasteiger partial charge in [0, 0.05) is 49.5 Å². The molecular formula is C19H21ClN6O2S. The molecule has 10 heteroatoms. The van der Waals surface area contributed by atoms with Gasteiger partial charge in [-0.2, -0.15) is 5.10 Å². The molecule has 2 N–H and O–H groups in total. The zero-order chi connectivity index (χ0) is 20.6. The molecule has 0 unspecified atom stereocenters. The predicted molar refractivity (Wildman–Crippen MR) is 112 cm³/mol. The van der Waals surface area contributed by atoms with Gasteiger partial charge in [-0.3, -0.25) is 4.68 Å². The normalized spacial score (nSPS) is 16.2. The van der Waals surface area contributed by atoms with Crippen LogP contribution in [0.1, 0.15) is 19.8 Å². The van der Waals surface area contributed by atoms with Crippen LogP contribution in [0.2, 0.25) is 5.02 Å². The van der Waals surface area contributed by atoms with Gasteiger partial charge in [0.15, 0.2) is 0 Å². The Morgan fingerprint density at radius 3 is 2.69 bits per heavy atom. The highest BCUT2D eigenvalue weighted by Crippen LogP contribution is 2.37. The lowest BCUT2D eigenvalue weighted by molar-refractivity contribution is 0.0126. The number of anilines is 1. The fourth-order valence-corrected chi connectivity index (χ4v) is 4.53. The maximum Gasteiger partial charge on any atom is 0.405 e.